The van der Waals surface area contributed by atoms with Crippen molar-refractivity contribution in [2.24, 2.45) is 0 Å². The predicted molar refractivity (Wildman–Crippen MR) is 127 cm³/mol. The SMILES string of the molecule is CC1CCCN1CCOc1ccc(NC(=O)c2ccc(F)c(F)c2)c(C2(Br)C=CNN2C)c1. The van der Waals surface area contributed by atoms with Crippen LogP contribution in [0.1, 0.15) is 35.7 Å². The maximum Gasteiger partial charge on any atom is 0.255 e. The number of amides is 1. The van der Waals surface area contributed by atoms with Gasteiger partial charge in [-0.1, -0.05) is 15.9 Å². The van der Waals surface area contributed by atoms with Gasteiger partial charge in [-0.05, 0) is 68.8 Å². The Morgan fingerprint density at radius 2 is 2.09 bits per heavy atom. The molecule has 2 heterocycles. The largest absolute Gasteiger partial charge is 0.492 e. The van der Waals surface area contributed by atoms with E-state index in [1.54, 1.807) is 18.3 Å². The first-order valence-corrected chi connectivity index (χ1v) is 11.7. The van der Waals surface area contributed by atoms with Gasteiger partial charge in [-0.2, -0.15) is 0 Å². The summed E-state index contributed by atoms with van der Waals surface area (Å²) in [4.78, 5) is 15.2. The van der Waals surface area contributed by atoms with Crippen LogP contribution in [0.5, 0.6) is 5.75 Å². The quantitative estimate of drug-likeness (QED) is 0.413. The van der Waals surface area contributed by atoms with Crippen LogP contribution in [0.15, 0.2) is 48.7 Å². The van der Waals surface area contributed by atoms with Crippen LogP contribution in [0.4, 0.5) is 14.5 Å². The average molecular weight is 521 g/mol. The van der Waals surface area contributed by atoms with E-state index >= 15 is 0 Å². The van der Waals surface area contributed by atoms with Gasteiger partial charge in [-0.3, -0.25) is 9.69 Å². The first kappa shape index (κ1) is 23.7. The third-order valence-electron chi connectivity index (χ3n) is 6.20. The number of rotatable bonds is 7. The summed E-state index contributed by atoms with van der Waals surface area (Å²) in [6.07, 6.45) is 6.13. The lowest BCUT2D eigenvalue weighted by molar-refractivity contribution is 0.102. The van der Waals surface area contributed by atoms with Crippen LogP contribution >= 0.6 is 15.9 Å². The van der Waals surface area contributed by atoms with Gasteiger partial charge >= 0.3 is 0 Å². The molecule has 4 rings (SSSR count). The van der Waals surface area contributed by atoms with E-state index in [0.29, 0.717) is 24.1 Å². The molecule has 1 saturated heterocycles. The van der Waals surface area contributed by atoms with Crippen molar-refractivity contribution in [3.05, 3.63) is 71.4 Å². The molecule has 176 valence electrons. The molecule has 0 radical (unpaired) electrons. The molecular weight excluding hydrogens is 494 g/mol. The molecule has 0 spiro atoms. The van der Waals surface area contributed by atoms with Gasteiger partial charge in [0.25, 0.3) is 5.91 Å². The standard InChI is InChI=1S/C24H27BrF2N4O2/c1-16-4-3-11-31(16)12-13-33-18-6-8-22(19(15-18)24(25)9-10-28-30(24)2)29-23(32)17-5-7-20(26)21(27)14-17/h5-10,14-16,28H,3-4,11-13H2,1-2H3,(H,29,32). The number of benzene rings is 2. The molecule has 0 saturated carbocycles. The lowest BCUT2D eigenvalue weighted by atomic mass is 10.0. The lowest BCUT2D eigenvalue weighted by Gasteiger charge is -2.31. The van der Waals surface area contributed by atoms with Crippen molar-refractivity contribution in [3.8, 4) is 5.75 Å². The molecule has 33 heavy (non-hydrogen) atoms. The smallest absolute Gasteiger partial charge is 0.255 e. The molecule has 2 atom stereocenters. The summed E-state index contributed by atoms with van der Waals surface area (Å²) < 4.78 is 32.2. The van der Waals surface area contributed by atoms with Gasteiger partial charge < -0.3 is 15.5 Å². The summed E-state index contributed by atoms with van der Waals surface area (Å²) in [6.45, 7) is 4.74. The van der Waals surface area contributed by atoms with E-state index in [0.717, 1.165) is 30.8 Å². The highest BCUT2D eigenvalue weighted by molar-refractivity contribution is 9.09. The maximum absolute atomic E-state index is 13.6. The Bertz CT molecular complexity index is 1070. The Morgan fingerprint density at radius 1 is 1.27 bits per heavy atom. The molecule has 0 aliphatic carbocycles. The van der Waals surface area contributed by atoms with Gasteiger partial charge in [0.1, 0.15) is 16.8 Å². The minimum atomic E-state index is -1.07. The molecule has 2 aromatic carbocycles. The molecule has 2 aliphatic heterocycles. The summed E-state index contributed by atoms with van der Waals surface area (Å²) in [5, 5.41) is 4.66. The first-order chi connectivity index (χ1) is 15.8. The number of alkyl halides is 1. The number of hydrogen-bond donors (Lipinski definition) is 2. The van der Waals surface area contributed by atoms with E-state index in [1.165, 1.54) is 18.9 Å². The molecule has 6 nitrogen and oxygen atoms in total. The van der Waals surface area contributed by atoms with Crippen molar-refractivity contribution in [1.82, 2.24) is 15.3 Å². The van der Waals surface area contributed by atoms with E-state index in [2.05, 4.69) is 38.5 Å². The number of nitrogens with zero attached hydrogens (tertiary/aromatic N) is 2. The molecule has 0 bridgehead atoms. The zero-order chi connectivity index (χ0) is 23.6. The van der Waals surface area contributed by atoms with Crippen molar-refractivity contribution in [3.63, 3.8) is 0 Å². The third-order valence-corrected chi connectivity index (χ3v) is 7.42. The van der Waals surface area contributed by atoms with E-state index in [4.69, 9.17) is 4.74 Å². The number of likely N-dealkylation sites (tertiary alicyclic amines) is 1. The van der Waals surface area contributed by atoms with Crippen LogP contribution in [0.2, 0.25) is 0 Å². The number of nitrogens with one attached hydrogen (secondary N) is 2. The van der Waals surface area contributed by atoms with Crippen LogP contribution in [0.25, 0.3) is 0 Å². The second-order valence-electron chi connectivity index (χ2n) is 8.36. The molecule has 2 N–H and O–H groups in total. The van der Waals surface area contributed by atoms with E-state index in [-0.39, 0.29) is 5.56 Å². The zero-order valence-electron chi connectivity index (χ0n) is 18.6. The summed E-state index contributed by atoms with van der Waals surface area (Å²) in [5.74, 6) is -1.94. The molecule has 1 amide bonds. The van der Waals surface area contributed by atoms with Gasteiger partial charge in [0.2, 0.25) is 0 Å². The fourth-order valence-corrected chi connectivity index (χ4v) is 4.75. The Balaban J connectivity index is 1.56. The van der Waals surface area contributed by atoms with Gasteiger partial charge in [-0.15, -0.1) is 0 Å². The van der Waals surface area contributed by atoms with Gasteiger partial charge in [-0.25, -0.2) is 13.8 Å². The highest BCUT2D eigenvalue weighted by atomic mass is 79.9. The van der Waals surface area contributed by atoms with Gasteiger partial charge in [0.05, 0.1) is 0 Å². The van der Waals surface area contributed by atoms with E-state index in [1.807, 2.05) is 24.2 Å². The number of likely N-dealkylation sites (N-methyl/N-ethyl adjacent to an activating group) is 1. The highest BCUT2D eigenvalue weighted by Crippen LogP contribution is 2.43. The number of carbonyl (C=O) groups is 1. The fraction of sp³-hybridized carbons (Fsp3) is 0.375. The Morgan fingerprint density at radius 3 is 2.76 bits per heavy atom. The van der Waals surface area contributed by atoms with Crippen molar-refractivity contribution in [2.45, 2.75) is 30.3 Å². The number of anilines is 1. The summed E-state index contributed by atoms with van der Waals surface area (Å²) in [7, 11) is 1.86. The molecule has 0 aromatic heterocycles. The van der Waals surface area contributed by atoms with Crippen molar-refractivity contribution in [2.75, 3.05) is 32.1 Å². The monoisotopic (exact) mass is 520 g/mol. The summed E-state index contributed by atoms with van der Waals surface area (Å²) in [6, 6.07) is 9.06. The van der Waals surface area contributed by atoms with Gasteiger partial charge in [0, 0.05) is 42.6 Å². The van der Waals surface area contributed by atoms with Crippen molar-refractivity contribution in [1.29, 1.82) is 0 Å². The summed E-state index contributed by atoms with van der Waals surface area (Å²) in [5.41, 5.74) is 4.37. The van der Waals surface area contributed by atoms with Gasteiger partial charge in [0.15, 0.2) is 11.6 Å². The number of ether oxygens (including phenoxy) is 1. The summed E-state index contributed by atoms with van der Waals surface area (Å²) >= 11 is 3.75. The number of halogens is 3. The molecule has 9 heteroatoms. The maximum atomic E-state index is 13.6. The molecule has 2 aliphatic rings. The number of hydrogen-bond acceptors (Lipinski definition) is 5. The number of carbonyl (C=O) groups excluding carboxylic acids is 1. The van der Waals surface area contributed by atoms with Crippen LogP contribution in [-0.2, 0) is 4.45 Å². The normalized spacial score (nSPS) is 23.0. The van der Waals surface area contributed by atoms with Crippen molar-refractivity contribution >= 4 is 27.5 Å². The van der Waals surface area contributed by atoms with Crippen LogP contribution in [0, 0.1) is 11.6 Å². The Labute approximate surface area is 200 Å². The van der Waals surface area contributed by atoms with Crippen LogP contribution in [-0.4, -0.2) is 48.6 Å². The second kappa shape index (κ2) is 9.79. The average Bonchev–Trinajstić information content (AvgIpc) is 3.36. The Hall–Kier alpha value is -2.49. The lowest BCUT2D eigenvalue weighted by Crippen LogP contribution is -2.39. The molecule has 2 unspecified atom stereocenters. The minimum absolute atomic E-state index is 0.0250. The molecular formula is C24H27BrF2N4O2. The van der Waals surface area contributed by atoms with Crippen LogP contribution in [0.3, 0.4) is 0 Å². The third kappa shape index (κ3) is 5.05. The fourth-order valence-electron chi connectivity index (χ4n) is 4.19. The van der Waals surface area contributed by atoms with Crippen LogP contribution < -0.4 is 15.5 Å². The number of hydrazine groups is 1. The predicted octanol–water partition coefficient (Wildman–Crippen LogP) is 4.59. The van der Waals surface area contributed by atoms with Crippen molar-refractivity contribution < 1.29 is 18.3 Å². The minimum Gasteiger partial charge on any atom is -0.492 e. The molecule has 1 fully saturated rings. The van der Waals surface area contributed by atoms with E-state index in [9.17, 15) is 13.6 Å². The molecule has 2 aromatic rings. The zero-order valence-corrected chi connectivity index (χ0v) is 20.2. The van der Waals surface area contributed by atoms with E-state index < -0.39 is 22.0 Å². The highest BCUT2D eigenvalue weighted by Gasteiger charge is 2.37. The first-order valence-electron chi connectivity index (χ1n) is 10.9. The second-order valence-corrected chi connectivity index (χ2v) is 9.57. The Kier molecular flexibility index (Phi) is 7.02. The topological polar surface area (TPSA) is 56.8 Å².